The van der Waals surface area contributed by atoms with E-state index in [4.69, 9.17) is 19.9 Å². The molecule has 0 spiro atoms. The molecule has 2 atom stereocenters. The van der Waals surface area contributed by atoms with Crippen molar-refractivity contribution in [1.82, 2.24) is 0 Å². The normalized spacial score (nSPS) is 13.4. The molecular formula is C15H23NO4. The summed E-state index contributed by atoms with van der Waals surface area (Å²) in [4.78, 5) is 11.7. The maximum absolute atomic E-state index is 11.7. The number of carbonyl (C=O) groups excluding carboxylic acids is 1. The van der Waals surface area contributed by atoms with Gasteiger partial charge in [-0.2, -0.15) is 0 Å². The molecule has 0 bridgehead atoms. The number of nitrogens with two attached hydrogens (primary N) is 1. The molecule has 1 aromatic rings. The van der Waals surface area contributed by atoms with Crippen molar-refractivity contribution in [2.45, 2.75) is 39.3 Å². The van der Waals surface area contributed by atoms with Crippen LogP contribution in [0.1, 0.15) is 38.8 Å². The summed E-state index contributed by atoms with van der Waals surface area (Å²) in [5, 5.41) is 0. The second kappa shape index (κ2) is 7.75. The molecule has 1 aromatic carbocycles. The lowest BCUT2D eigenvalue weighted by Gasteiger charge is -2.19. The molecule has 0 heterocycles. The van der Waals surface area contributed by atoms with Crippen molar-refractivity contribution < 1.29 is 19.0 Å². The van der Waals surface area contributed by atoms with E-state index >= 15 is 0 Å². The molecule has 0 saturated heterocycles. The summed E-state index contributed by atoms with van der Waals surface area (Å²) >= 11 is 0. The van der Waals surface area contributed by atoms with Crippen LogP contribution in [-0.4, -0.2) is 25.8 Å². The molecular weight excluding hydrogens is 258 g/mol. The smallest absolute Gasteiger partial charge is 0.347 e. The first kappa shape index (κ1) is 16.3. The zero-order valence-corrected chi connectivity index (χ0v) is 12.5. The summed E-state index contributed by atoms with van der Waals surface area (Å²) < 4.78 is 16.0. The highest BCUT2D eigenvalue weighted by atomic mass is 16.6. The van der Waals surface area contributed by atoms with Gasteiger partial charge in [0.1, 0.15) is 0 Å². The van der Waals surface area contributed by atoms with Crippen LogP contribution in [0.5, 0.6) is 11.5 Å². The third-order valence-corrected chi connectivity index (χ3v) is 2.90. The van der Waals surface area contributed by atoms with Gasteiger partial charge < -0.3 is 19.9 Å². The minimum atomic E-state index is -0.634. The highest BCUT2D eigenvalue weighted by Gasteiger charge is 2.21. The van der Waals surface area contributed by atoms with E-state index in [1.807, 2.05) is 26.0 Å². The number of rotatable bonds is 7. The molecule has 5 nitrogen and oxygen atoms in total. The third kappa shape index (κ3) is 4.13. The molecule has 0 amide bonds. The molecule has 112 valence electrons. The summed E-state index contributed by atoms with van der Waals surface area (Å²) in [6.45, 7) is 5.86. The van der Waals surface area contributed by atoms with Crippen LogP contribution < -0.4 is 15.2 Å². The van der Waals surface area contributed by atoms with Gasteiger partial charge in [-0.3, -0.25) is 0 Å². The van der Waals surface area contributed by atoms with Crippen molar-refractivity contribution in [2.75, 3.05) is 13.7 Å². The lowest BCUT2D eigenvalue weighted by Crippen LogP contribution is -2.28. The largest absolute Gasteiger partial charge is 0.493 e. The van der Waals surface area contributed by atoms with E-state index in [9.17, 15) is 4.79 Å². The van der Waals surface area contributed by atoms with Crippen LogP contribution in [0.25, 0.3) is 0 Å². The Bertz CT molecular complexity index is 445. The van der Waals surface area contributed by atoms with Crippen LogP contribution in [0.4, 0.5) is 0 Å². The number of esters is 1. The minimum absolute atomic E-state index is 0.0926. The van der Waals surface area contributed by atoms with Crippen molar-refractivity contribution in [1.29, 1.82) is 0 Å². The van der Waals surface area contributed by atoms with Gasteiger partial charge in [0, 0.05) is 6.04 Å². The van der Waals surface area contributed by atoms with Crippen LogP contribution in [0.15, 0.2) is 18.2 Å². The molecule has 0 aliphatic carbocycles. The second-order valence-electron chi connectivity index (χ2n) is 4.47. The van der Waals surface area contributed by atoms with Gasteiger partial charge in [-0.1, -0.05) is 13.0 Å². The fourth-order valence-electron chi connectivity index (χ4n) is 1.75. The lowest BCUT2D eigenvalue weighted by atomic mass is 10.1. The summed E-state index contributed by atoms with van der Waals surface area (Å²) in [5.41, 5.74) is 6.78. The van der Waals surface area contributed by atoms with Crippen LogP contribution in [0, 0.1) is 0 Å². The maximum atomic E-state index is 11.7. The number of carbonyl (C=O) groups is 1. The van der Waals surface area contributed by atoms with Crippen molar-refractivity contribution in [3.05, 3.63) is 23.8 Å². The molecule has 0 aromatic heterocycles. The Morgan fingerprint density at radius 2 is 2.00 bits per heavy atom. The Labute approximate surface area is 120 Å². The van der Waals surface area contributed by atoms with Gasteiger partial charge in [-0.15, -0.1) is 0 Å². The molecule has 0 aliphatic heterocycles. The second-order valence-corrected chi connectivity index (χ2v) is 4.47. The molecule has 20 heavy (non-hydrogen) atoms. The number of hydrogen-bond donors (Lipinski definition) is 1. The van der Waals surface area contributed by atoms with Gasteiger partial charge in [0.25, 0.3) is 0 Å². The zero-order valence-electron chi connectivity index (χ0n) is 12.5. The van der Waals surface area contributed by atoms with E-state index in [2.05, 4.69) is 0 Å². The minimum Gasteiger partial charge on any atom is -0.493 e. The molecule has 2 N–H and O–H groups in total. The zero-order chi connectivity index (χ0) is 15.1. The molecule has 0 saturated carbocycles. The highest BCUT2D eigenvalue weighted by Crippen LogP contribution is 2.31. The monoisotopic (exact) mass is 281 g/mol. The predicted octanol–water partition coefficient (Wildman–Crippen LogP) is 2.44. The van der Waals surface area contributed by atoms with E-state index in [-0.39, 0.29) is 12.0 Å². The van der Waals surface area contributed by atoms with E-state index in [0.29, 0.717) is 24.5 Å². The van der Waals surface area contributed by atoms with Gasteiger partial charge in [-0.25, -0.2) is 4.79 Å². The molecule has 1 unspecified atom stereocenters. The Hall–Kier alpha value is -1.75. The lowest BCUT2D eigenvalue weighted by molar-refractivity contribution is -0.151. The van der Waals surface area contributed by atoms with Crippen molar-refractivity contribution in [2.24, 2.45) is 5.73 Å². The van der Waals surface area contributed by atoms with Gasteiger partial charge in [-0.05, 0) is 38.0 Å². The van der Waals surface area contributed by atoms with Crippen LogP contribution in [0.2, 0.25) is 0 Å². The van der Waals surface area contributed by atoms with Crippen LogP contribution in [-0.2, 0) is 9.53 Å². The Kier molecular flexibility index (Phi) is 6.31. The average molecular weight is 281 g/mol. The SMILES string of the molecule is CCOC(=O)C(CC)Oc1ccc([C@H](C)N)cc1OC. The molecule has 1 rings (SSSR count). The van der Waals surface area contributed by atoms with Gasteiger partial charge >= 0.3 is 5.97 Å². The average Bonchev–Trinajstić information content (AvgIpc) is 2.44. The fraction of sp³-hybridized carbons (Fsp3) is 0.533. The number of ether oxygens (including phenoxy) is 3. The van der Waals surface area contributed by atoms with E-state index in [1.54, 1.807) is 20.1 Å². The summed E-state index contributed by atoms with van der Waals surface area (Å²) in [6, 6.07) is 5.35. The first-order valence-electron chi connectivity index (χ1n) is 6.80. The topological polar surface area (TPSA) is 70.8 Å². The summed E-state index contributed by atoms with van der Waals surface area (Å²) in [7, 11) is 1.55. The molecule has 0 fully saturated rings. The van der Waals surface area contributed by atoms with E-state index in [1.165, 1.54) is 0 Å². The number of benzene rings is 1. The Morgan fingerprint density at radius 1 is 1.30 bits per heavy atom. The number of hydrogen-bond acceptors (Lipinski definition) is 5. The van der Waals surface area contributed by atoms with Gasteiger partial charge in [0.05, 0.1) is 13.7 Å². The molecule has 0 aliphatic rings. The Morgan fingerprint density at radius 3 is 2.50 bits per heavy atom. The van der Waals surface area contributed by atoms with Crippen LogP contribution in [0.3, 0.4) is 0 Å². The Balaban J connectivity index is 2.92. The summed E-state index contributed by atoms with van der Waals surface area (Å²) in [5.74, 6) is 0.702. The third-order valence-electron chi connectivity index (χ3n) is 2.90. The van der Waals surface area contributed by atoms with Crippen LogP contribution >= 0.6 is 0 Å². The molecule has 5 heteroatoms. The van der Waals surface area contributed by atoms with Crippen molar-refractivity contribution in [3.63, 3.8) is 0 Å². The first-order chi connectivity index (χ1) is 9.53. The quantitative estimate of drug-likeness (QED) is 0.777. The van der Waals surface area contributed by atoms with E-state index < -0.39 is 6.10 Å². The predicted molar refractivity (Wildman–Crippen MR) is 76.9 cm³/mol. The van der Waals surface area contributed by atoms with Crippen molar-refractivity contribution >= 4 is 5.97 Å². The molecule has 0 radical (unpaired) electrons. The van der Waals surface area contributed by atoms with Gasteiger partial charge in [0.15, 0.2) is 17.6 Å². The number of methoxy groups -OCH3 is 1. The summed E-state index contributed by atoms with van der Waals surface area (Å²) in [6.07, 6.45) is -0.109. The van der Waals surface area contributed by atoms with Crippen molar-refractivity contribution in [3.8, 4) is 11.5 Å². The first-order valence-corrected chi connectivity index (χ1v) is 6.80. The highest BCUT2D eigenvalue weighted by molar-refractivity contribution is 5.75. The standard InChI is InChI=1S/C15H23NO4/c1-5-12(15(17)19-6-2)20-13-8-7-11(10(3)16)9-14(13)18-4/h7-10,12H,5-6,16H2,1-4H3/t10-,12?/m0/s1. The maximum Gasteiger partial charge on any atom is 0.347 e. The fourth-order valence-corrected chi connectivity index (χ4v) is 1.75. The van der Waals surface area contributed by atoms with E-state index in [0.717, 1.165) is 5.56 Å². The van der Waals surface area contributed by atoms with Gasteiger partial charge in [0.2, 0.25) is 0 Å².